The smallest absolute Gasteiger partial charge is 0.269 e. The molecule has 5 nitrogen and oxygen atoms in total. The Labute approximate surface area is 114 Å². The average Bonchev–Trinajstić information content (AvgIpc) is 3.06. The van der Waals surface area contributed by atoms with E-state index >= 15 is 0 Å². The lowest BCUT2D eigenvalue weighted by atomic mass is 10.4. The lowest BCUT2D eigenvalue weighted by molar-refractivity contribution is 0.296. The highest BCUT2D eigenvalue weighted by atomic mass is 79.9. The summed E-state index contributed by atoms with van der Waals surface area (Å²) in [6.45, 7) is 0.605. The molecule has 1 aliphatic rings. The Morgan fingerprint density at radius 1 is 1.50 bits per heavy atom. The first-order valence-electron chi connectivity index (χ1n) is 5.56. The topological polar surface area (TPSA) is 65.4 Å². The van der Waals surface area contributed by atoms with Crippen molar-refractivity contribution >= 4 is 25.8 Å². The van der Waals surface area contributed by atoms with Crippen LogP contribution >= 0.6 is 15.9 Å². The van der Waals surface area contributed by atoms with Crippen molar-refractivity contribution in [1.29, 1.82) is 0 Å². The van der Waals surface area contributed by atoms with E-state index in [-0.39, 0.29) is 10.3 Å². The van der Waals surface area contributed by atoms with Crippen molar-refractivity contribution < 1.29 is 13.2 Å². The molecule has 0 amide bonds. The normalized spacial score (nSPS) is 15.7. The van der Waals surface area contributed by atoms with E-state index in [1.54, 1.807) is 6.07 Å². The highest BCUT2D eigenvalue weighted by molar-refractivity contribution is 9.10. The first kappa shape index (κ1) is 13.6. The summed E-state index contributed by atoms with van der Waals surface area (Å²) >= 11 is 3.16. The molecule has 1 saturated carbocycles. The number of hydrogen-bond acceptors (Lipinski definition) is 4. The van der Waals surface area contributed by atoms with Gasteiger partial charge in [-0.15, -0.1) is 0 Å². The Hall–Kier alpha value is -0.820. The van der Waals surface area contributed by atoms with Crippen LogP contribution in [0.2, 0.25) is 0 Å². The Morgan fingerprint density at radius 3 is 2.72 bits per heavy atom. The fourth-order valence-corrected chi connectivity index (χ4v) is 2.67. The number of hydrogen-bond donors (Lipinski definition) is 0. The SMILES string of the molecule is CS(=O)(=O)Cn1ccc(OCC2CC2)c(Br)c1=O. The van der Waals surface area contributed by atoms with E-state index < -0.39 is 15.4 Å². The van der Waals surface area contributed by atoms with Crippen LogP contribution in [0.1, 0.15) is 12.8 Å². The lowest BCUT2D eigenvalue weighted by Gasteiger charge is -2.10. The van der Waals surface area contributed by atoms with Crippen molar-refractivity contribution in [3.63, 3.8) is 0 Å². The lowest BCUT2D eigenvalue weighted by Crippen LogP contribution is -2.24. The zero-order valence-corrected chi connectivity index (χ0v) is 12.3. The Bertz CT molecular complexity index is 604. The number of sulfone groups is 1. The second-order valence-corrected chi connectivity index (χ2v) is 7.48. The second-order valence-electron chi connectivity index (χ2n) is 4.58. The third-order valence-corrected chi connectivity index (χ3v) is 4.09. The van der Waals surface area contributed by atoms with Crippen molar-refractivity contribution in [2.24, 2.45) is 5.92 Å². The van der Waals surface area contributed by atoms with E-state index in [4.69, 9.17) is 4.74 Å². The quantitative estimate of drug-likeness (QED) is 0.815. The molecule has 100 valence electrons. The van der Waals surface area contributed by atoms with Crippen LogP contribution in [0.3, 0.4) is 0 Å². The van der Waals surface area contributed by atoms with Crippen LogP contribution in [0, 0.1) is 5.92 Å². The molecular weight excluding hydrogens is 322 g/mol. The van der Waals surface area contributed by atoms with Gasteiger partial charge in [0.05, 0.1) is 6.61 Å². The molecule has 0 unspecified atom stereocenters. The molecule has 0 atom stereocenters. The van der Waals surface area contributed by atoms with E-state index in [0.29, 0.717) is 18.3 Å². The molecule has 2 rings (SSSR count). The molecule has 7 heteroatoms. The molecule has 1 heterocycles. The molecule has 0 N–H and O–H groups in total. The molecule has 0 bridgehead atoms. The number of aromatic nitrogens is 1. The summed E-state index contributed by atoms with van der Waals surface area (Å²) in [4.78, 5) is 11.9. The van der Waals surface area contributed by atoms with Crippen molar-refractivity contribution in [1.82, 2.24) is 4.57 Å². The molecule has 18 heavy (non-hydrogen) atoms. The summed E-state index contributed by atoms with van der Waals surface area (Å²) in [6.07, 6.45) is 4.87. The van der Waals surface area contributed by atoms with Crippen LogP contribution < -0.4 is 10.3 Å². The summed E-state index contributed by atoms with van der Waals surface area (Å²) in [5.41, 5.74) is -0.395. The van der Waals surface area contributed by atoms with Gasteiger partial charge < -0.3 is 4.74 Å². The third kappa shape index (κ3) is 3.58. The predicted octanol–water partition coefficient (Wildman–Crippen LogP) is 1.40. The van der Waals surface area contributed by atoms with Crippen LogP contribution in [0.5, 0.6) is 5.75 Å². The first-order chi connectivity index (χ1) is 8.37. The van der Waals surface area contributed by atoms with Gasteiger partial charge in [0.25, 0.3) is 5.56 Å². The predicted molar refractivity (Wildman–Crippen MR) is 71.5 cm³/mol. The standard InChI is InChI=1S/C11H14BrNO4S/c1-18(15,16)7-13-5-4-9(10(12)11(13)14)17-6-8-2-3-8/h4-5,8H,2-3,6-7H2,1H3. The first-order valence-corrected chi connectivity index (χ1v) is 8.41. The maximum Gasteiger partial charge on any atom is 0.269 e. The number of halogens is 1. The van der Waals surface area contributed by atoms with Crippen LogP contribution in [0.25, 0.3) is 0 Å². The van der Waals surface area contributed by atoms with Crippen molar-refractivity contribution in [2.75, 3.05) is 12.9 Å². The Kier molecular flexibility index (Phi) is 3.82. The van der Waals surface area contributed by atoms with Crippen LogP contribution in [0.15, 0.2) is 21.5 Å². The molecule has 0 aliphatic heterocycles. The largest absolute Gasteiger partial charge is 0.492 e. The van der Waals surface area contributed by atoms with E-state index in [9.17, 15) is 13.2 Å². The monoisotopic (exact) mass is 335 g/mol. The van der Waals surface area contributed by atoms with Gasteiger partial charge in [-0.25, -0.2) is 8.42 Å². The molecule has 1 aliphatic carbocycles. The van der Waals surface area contributed by atoms with Gasteiger partial charge in [0.1, 0.15) is 16.1 Å². The molecule has 1 aromatic heterocycles. The van der Waals surface area contributed by atoms with E-state index in [1.807, 2.05) is 0 Å². The summed E-state index contributed by atoms with van der Waals surface area (Å²) < 4.78 is 29.3. The molecule has 1 aromatic rings. The summed E-state index contributed by atoms with van der Waals surface area (Å²) in [5, 5.41) is 0. The highest BCUT2D eigenvalue weighted by Gasteiger charge is 2.22. The van der Waals surface area contributed by atoms with Gasteiger partial charge in [0, 0.05) is 12.5 Å². The van der Waals surface area contributed by atoms with Gasteiger partial charge in [-0.1, -0.05) is 0 Å². The third-order valence-electron chi connectivity index (χ3n) is 2.62. The maximum atomic E-state index is 11.9. The number of rotatable bonds is 5. The van der Waals surface area contributed by atoms with E-state index in [1.165, 1.54) is 19.0 Å². The Balaban J connectivity index is 2.20. The highest BCUT2D eigenvalue weighted by Crippen LogP contribution is 2.30. The van der Waals surface area contributed by atoms with E-state index in [0.717, 1.165) is 10.8 Å². The molecule has 0 spiro atoms. The van der Waals surface area contributed by atoms with Crippen LogP contribution in [0.4, 0.5) is 0 Å². The minimum atomic E-state index is -3.24. The number of pyridine rings is 1. The Morgan fingerprint density at radius 2 is 2.17 bits per heavy atom. The number of nitrogens with zero attached hydrogens (tertiary/aromatic N) is 1. The summed E-state index contributed by atoms with van der Waals surface area (Å²) in [6, 6.07) is 1.61. The molecule has 0 saturated heterocycles. The van der Waals surface area contributed by atoms with Gasteiger partial charge >= 0.3 is 0 Å². The van der Waals surface area contributed by atoms with Gasteiger partial charge in [-0.3, -0.25) is 9.36 Å². The van der Waals surface area contributed by atoms with Crippen molar-refractivity contribution in [3.05, 3.63) is 27.1 Å². The molecular formula is C11H14BrNO4S. The fourth-order valence-electron chi connectivity index (χ4n) is 1.49. The van der Waals surface area contributed by atoms with Crippen molar-refractivity contribution in [3.8, 4) is 5.75 Å². The maximum absolute atomic E-state index is 11.9. The summed E-state index contributed by atoms with van der Waals surface area (Å²) in [5.74, 6) is 0.736. The average molecular weight is 336 g/mol. The fraction of sp³-hybridized carbons (Fsp3) is 0.545. The van der Waals surface area contributed by atoms with Crippen molar-refractivity contribution in [2.45, 2.75) is 18.7 Å². The van der Waals surface area contributed by atoms with Crippen LogP contribution in [-0.4, -0.2) is 25.8 Å². The van der Waals surface area contributed by atoms with Gasteiger partial charge in [0.2, 0.25) is 0 Å². The number of ether oxygens (including phenoxy) is 1. The van der Waals surface area contributed by atoms with Gasteiger partial charge in [0.15, 0.2) is 9.84 Å². The van der Waals surface area contributed by atoms with Gasteiger partial charge in [-0.2, -0.15) is 0 Å². The minimum Gasteiger partial charge on any atom is -0.492 e. The zero-order chi connectivity index (χ0) is 13.3. The minimum absolute atomic E-state index is 0.273. The molecule has 0 aromatic carbocycles. The zero-order valence-electron chi connectivity index (χ0n) is 9.93. The van der Waals surface area contributed by atoms with E-state index in [2.05, 4.69) is 15.9 Å². The molecule has 0 radical (unpaired) electrons. The molecule has 1 fully saturated rings. The second kappa shape index (κ2) is 5.05. The van der Waals surface area contributed by atoms with Gasteiger partial charge in [-0.05, 0) is 40.8 Å². The van der Waals surface area contributed by atoms with Crippen LogP contribution in [-0.2, 0) is 15.7 Å². The summed E-state index contributed by atoms with van der Waals surface area (Å²) in [7, 11) is -3.24.